The maximum Gasteiger partial charge on any atom is 0.125 e. The summed E-state index contributed by atoms with van der Waals surface area (Å²) in [6.45, 7) is 0. The Kier molecular flexibility index (Phi) is 3.17. The number of halogens is 1. The lowest BCUT2D eigenvalue weighted by Gasteiger charge is -2.25. The van der Waals surface area contributed by atoms with Crippen LogP contribution in [0, 0.1) is 17.7 Å². The number of benzene rings is 2. The van der Waals surface area contributed by atoms with Gasteiger partial charge in [0.1, 0.15) is 5.82 Å². The van der Waals surface area contributed by atoms with Crippen LogP contribution < -0.4 is 5.32 Å². The van der Waals surface area contributed by atoms with Crippen LogP contribution in [0.2, 0.25) is 0 Å². The first kappa shape index (κ1) is 12.9. The van der Waals surface area contributed by atoms with E-state index in [1.807, 2.05) is 6.07 Å². The number of hydrogen-bond donors (Lipinski definition) is 1. The fraction of sp³-hybridized carbons (Fsp3) is 0.368. The van der Waals surface area contributed by atoms with Crippen LogP contribution in [0.1, 0.15) is 24.0 Å². The molecule has 2 atom stereocenters. The van der Waals surface area contributed by atoms with Gasteiger partial charge in [0.05, 0.1) is 0 Å². The van der Waals surface area contributed by atoms with Gasteiger partial charge in [0, 0.05) is 11.7 Å². The summed E-state index contributed by atoms with van der Waals surface area (Å²) < 4.78 is 13.4. The summed E-state index contributed by atoms with van der Waals surface area (Å²) in [5.41, 5.74) is 3.94. The Balaban J connectivity index is 1.60. The molecule has 1 saturated carbocycles. The molecule has 0 aliphatic heterocycles. The standard InChI is InChI=1S/C19H20FN/c20-17-6-3-7-18(12-17)21-19-15-8-9-16(19)11-14-5-2-1-4-13(14)10-15/h1-7,12,15-16,19,21H,8-11H2. The zero-order valence-corrected chi connectivity index (χ0v) is 12.1. The molecule has 0 radical (unpaired) electrons. The molecule has 2 aliphatic rings. The molecule has 21 heavy (non-hydrogen) atoms. The van der Waals surface area contributed by atoms with E-state index in [0.29, 0.717) is 17.9 Å². The van der Waals surface area contributed by atoms with Gasteiger partial charge in [-0.15, -0.1) is 0 Å². The molecule has 2 aromatic rings. The molecular weight excluding hydrogens is 261 g/mol. The zero-order valence-electron chi connectivity index (χ0n) is 12.1. The minimum absolute atomic E-state index is 0.163. The van der Waals surface area contributed by atoms with E-state index < -0.39 is 0 Å². The number of fused-ring (bicyclic) bond motifs is 3. The lowest BCUT2D eigenvalue weighted by atomic mass is 9.94. The van der Waals surface area contributed by atoms with E-state index in [4.69, 9.17) is 0 Å². The summed E-state index contributed by atoms with van der Waals surface area (Å²) in [5.74, 6) is 1.17. The molecule has 108 valence electrons. The van der Waals surface area contributed by atoms with Gasteiger partial charge >= 0.3 is 0 Å². The van der Waals surface area contributed by atoms with E-state index >= 15 is 0 Å². The highest BCUT2D eigenvalue weighted by Gasteiger charge is 2.38. The molecule has 0 heterocycles. The average molecular weight is 281 g/mol. The Morgan fingerprint density at radius 2 is 1.52 bits per heavy atom. The third-order valence-electron chi connectivity index (χ3n) is 5.16. The Hall–Kier alpha value is -1.83. The van der Waals surface area contributed by atoms with E-state index in [2.05, 4.69) is 29.6 Å². The molecule has 1 N–H and O–H groups in total. The summed E-state index contributed by atoms with van der Waals surface area (Å²) in [7, 11) is 0. The molecule has 1 nitrogen and oxygen atoms in total. The monoisotopic (exact) mass is 281 g/mol. The van der Waals surface area contributed by atoms with E-state index in [-0.39, 0.29) is 5.82 Å². The summed E-state index contributed by atoms with van der Waals surface area (Å²) >= 11 is 0. The highest BCUT2D eigenvalue weighted by Crippen LogP contribution is 2.41. The molecule has 2 unspecified atom stereocenters. The van der Waals surface area contributed by atoms with Gasteiger partial charge in [-0.1, -0.05) is 30.3 Å². The van der Waals surface area contributed by atoms with Gasteiger partial charge < -0.3 is 5.32 Å². The van der Waals surface area contributed by atoms with Crippen LogP contribution in [0.3, 0.4) is 0 Å². The first-order valence-corrected chi connectivity index (χ1v) is 7.88. The highest BCUT2D eigenvalue weighted by molar-refractivity contribution is 5.45. The molecule has 1 fully saturated rings. The third kappa shape index (κ3) is 2.44. The molecule has 4 rings (SSSR count). The van der Waals surface area contributed by atoms with Crippen LogP contribution in [-0.2, 0) is 12.8 Å². The normalized spacial score (nSPS) is 27.0. The molecule has 0 spiro atoms. The fourth-order valence-electron chi connectivity index (χ4n) is 4.16. The second-order valence-corrected chi connectivity index (χ2v) is 6.45. The minimum Gasteiger partial charge on any atom is -0.382 e. The van der Waals surface area contributed by atoms with Crippen molar-refractivity contribution in [3.63, 3.8) is 0 Å². The molecule has 0 aromatic heterocycles. The van der Waals surface area contributed by atoms with Crippen LogP contribution in [0.5, 0.6) is 0 Å². The highest BCUT2D eigenvalue weighted by atomic mass is 19.1. The second kappa shape index (κ2) is 5.18. The maximum absolute atomic E-state index is 13.4. The van der Waals surface area contributed by atoms with Gasteiger partial charge in [0.2, 0.25) is 0 Å². The lowest BCUT2D eigenvalue weighted by molar-refractivity contribution is 0.449. The van der Waals surface area contributed by atoms with E-state index in [0.717, 1.165) is 18.5 Å². The molecule has 0 saturated heterocycles. The van der Waals surface area contributed by atoms with Crippen molar-refractivity contribution < 1.29 is 4.39 Å². The van der Waals surface area contributed by atoms with Crippen LogP contribution >= 0.6 is 0 Å². The Bertz CT molecular complexity index is 619. The van der Waals surface area contributed by atoms with Crippen molar-refractivity contribution in [1.82, 2.24) is 0 Å². The largest absolute Gasteiger partial charge is 0.382 e. The van der Waals surface area contributed by atoms with Gasteiger partial charge in [-0.3, -0.25) is 0 Å². The second-order valence-electron chi connectivity index (χ2n) is 6.45. The first-order chi connectivity index (χ1) is 10.3. The molecule has 0 amide bonds. The maximum atomic E-state index is 13.4. The Morgan fingerprint density at radius 1 is 0.857 bits per heavy atom. The summed E-state index contributed by atoms with van der Waals surface area (Å²) in [5, 5.41) is 3.62. The van der Waals surface area contributed by atoms with E-state index in [1.54, 1.807) is 12.1 Å². The van der Waals surface area contributed by atoms with Crippen molar-refractivity contribution in [2.45, 2.75) is 31.7 Å². The number of anilines is 1. The molecule has 2 bridgehead atoms. The van der Waals surface area contributed by atoms with Gasteiger partial charge in [-0.25, -0.2) is 4.39 Å². The minimum atomic E-state index is -0.163. The van der Waals surface area contributed by atoms with E-state index in [1.165, 1.54) is 30.0 Å². The van der Waals surface area contributed by atoms with Crippen LogP contribution in [0.25, 0.3) is 0 Å². The third-order valence-corrected chi connectivity index (χ3v) is 5.16. The van der Waals surface area contributed by atoms with Gasteiger partial charge in [-0.05, 0) is 66.8 Å². The van der Waals surface area contributed by atoms with Crippen LogP contribution in [0.4, 0.5) is 10.1 Å². The molecule has 2 aliphatic carbocycles. The van der Waals surface area contributed by atoms with Crippen molar-refractivity contribution in [3.05, 3.63) is 65.5 Å². The SMILES string of the molecule is Fc1cccc(NC2C3CCC2Cc2ccccc2C3)c1. The van der Waals surface area contributed by atoms with Crippen molar-refractivity contribution in [2.24, 2.45) is 11.8 Å². The summed E-state index contributed by atoms with van der Waals surface area (Å²) in [6.07, 6.45) is 4.87. The fourth-order valence-corrected chi connectivity index (χ4v) is 4.16. The number of hydrogen-bond acceptors (Lipinski definition) is 1. The Labute approximate surface area is 125 Å². The quantitative estimate of drug-likeness (QED) is 0.858. The number of rotatable bonds is 2. The topological polar surface area (TPSA) is 12.0 Å². The van der Waals surface area contributed by atoms with Crippen molar-refractivity contribution in [3.8, 4) is 0 Å². The van der Waals surface area contributed by atoms with Crippen LogP contribution in [0.15, 0.2) is 48.5 Å². The lowest BCUT2D eigenvalue weighted by Crippen LogP contribution is -2.30. The zero-order chi connectivity index (χ0) is 14.2. The summed E-state index contributed by atoms with van der Waals surface area (Å²) in [6, 6.07) is 16.2. The average Bonchev–Trinajstić information content (AvgIpc) is 2.75. The van der Waals surface area contributed by atoms with Crippen molar-refractivity contribution >= 4 is 5.69 Å². The molecular formula is C19H20FN. The van der Waals surface area contributed by atoms with Gasteiger partial charge in [0.25, 0.3) is 0 Å². The first-order valence-electron chi connectivity index (χ1n) is 7.88. The number of nitrogens with one attached hydrogen (secondary N) is 1. The van der Waals surface area contributed by atoms with E-state index in [9.17, 15) is 4.39 Å². The predicted octanol–water partition coefficient (Wildman–Crippen LogP) is 4.43. The van der Waals surface area contributed by atoms with Gasteiger partial charge in [0.15, 0.2) is 0 Å². The van der Waals surface area contributed by atoms with Crippen molar-refractivity contribution in [1.29, 1.82) is 0 Å². The predicted molar refractivity (Wildman–Crippen MR) is 83.9 cm³/mol. The Morgan fingerprint density at radius 3 is 2.14 bits per heavy atom. The smallest absolute Gasteiger partial charge is 0.125 e. The molecule has 2 heteroatoms. The van der Waals surface area contributed by atoms with Crippen LogP contribution in [-0.4, -0.2) is 6.04 Å². The van der Waals surface area contributed by atoms with Gasteiger partial charge in [-0.2, -0.15) is 0 Å². The summed E-state index contributed by atoms with van der Waals surface area (Å²) in [4.78, 5) is 0. The van der Waals surface area contributed by atoms with Crippen molar-refractivity contribution in [2.75, 3.05) is 5.32 Å². The molecule has 2 aromatic carbocycles.